The summed E-state index contributed by atoms with van der Waals surface area (Å²) in [5, 5.41) is 0. The highest BCUT2D eigenvalue weighted by Crippen LogP contribution is 2.28. The maximum absolute atomic E-state index is 12.0. The largest absolute Gasteiger partial charge is 0.493 e. The van der Waals surface area contributed by atoms with E-state index in [4.69, 9.17) is 9.47 Å². The van der Waals surface area contributed by atoms with Crippen LogP contribution in [0.5, 0.6) is 11.5 Å². The molecule has 0 atom stereocenters. The van der Waals surface area contributed by atoms with Crippen LogP contribution < -0.4 is 9.47 Å². The van der Waals surface area contributed by atoms with Crippen molar-refractivity contribution in [3.05, 3.63) is 23.8 Å². The van der Waals surface area contributed by atoms with Crippen molar-refractivity contribution in [1.29, 1.82) is 0 Å². The summed E-state index contributed by atoms with van der Waals surface area (Å²) in [6, 6.07) is 5.32. The predicted molar refractivity (Wildman–Crippen MR) is 72.6 cm³/mol. The van der Waals surface area contributed by atoms with Crippen molar-refractivity contribution < 1.29 is 14.3 Å². The van der Waals surface area contributed by atoms with Crippen molar-refractivity contribution in [3.8, 4) is 11.5 Å². The summed E-state index contributed by atoms with van der Waals surface area (Å²) in [4.78, 5) is 12.0. The van der Waals surface area contributed by atoms with Gasteiger partial charge in [-0.05, 0) is 24.6 Å². The zero-order chi connectivity index (χ0) is 13.4. The number of ketones is 1. The van der Waals surface area contributed by atoms with Crippen LogP contribution in [-0.2, 0) is 0 Å². The van der Waals surface area contributed by atoms with Crippen LogP contribution in [0.4, 0.5) is 0 Å². The molecule has 0 aromatic heterocycles. The van der Waals surface area contributed by atoms with Gasteiger partial charge in [-0.25, -0.2) is 0 Å². The Bertz CT molecular complexity index is 385. The van der Waals surface area contributed by atoms with Gasteiger partial charge in [0, 0.05) is 12.0 Å². The second-order valence-electron chi connectivity index (χ2n) is 4.30. The fourth-order valence-corrected chi connectivity index (χ4v) is 1.87. The van der Waals surface area contributed by atoms with Crippen LogP contribution >= 0.6 is 0 Å². The van der Waals surface area contributed by atoms with E-state index in [-0.39, 0.29) is 5.78 Å². The molecule has 0 heterocycles. The molecule has 100 valence electrons. The minimum atomic E-state index is 0.173. The van der Waals surface area contributed by atoms with Crippen LogP contribution in [0.3, 0.4) is 0 Å². The van der Waals surface area contributed by atoms with E-state index in [2.05, 4.69) is 6.92 Å². The van der Waals surface area contributed by atoms with E-state index >= 15 is 0 Å². The standard InChI is InChI=1S/C15H22O3/c1-4-5-6-7-8-13(16)12-9-10-14(17-2)15(11-12)18-3/h9-11H,4-8H2,1-3H3. The van der Waals surface area contributed by atoms with Gasteiger partial charge in [0.1, 0.15) is 0 Å². The second kappa shape index (κ2) is 7.75. The third-order valence-corrected chi connectivity index (χ3v) is 2.96. The quantitative estimate of drug-likeness (QED) is 0.519. The minimum absolute atomic E-state index is 0.173. The maximum atomic E-state index is 12.0. The molecule has 0 amide bonds. The van der Waals surface area contributed by atoms with Crippen molar-refractivity contribution in [2.45, 2.75) is 39.0 Å². The Morgan fingerprint density at radius 1 is 1.06 bits per heavy atom. The Kier molecular flexibility index (Phi) is 6.26. The molecule has 0 aliphatic heterocycles. The third-order valence-electron chi connectivity index (χ3n) is 2.96. The molecule has 0 unspecified atom stereocenters. The first-order valence-corrected chi connectivity index (χ1v) is 6.48. The molecular weight excluding hydrogens is 228 g/mol. The monoisotopic (exact) mass is 250 g/mol. The minimum Gasteiger partial charge on any atom is -0.493 e. The van der Waals surface area contributed by atoms with Crippen molar-refractivity contribution in [2.75, 3.05) is 14.2 Å². The number of carbonyl (C=O) groups is 1. The highest BCUT2D eigenvalue weighted by Gasteiger charge is 2.10. The Labute approximate surface area is 109 Å². The Balaban J connectivity index is 2.62. The number of rotatable bonds is 8. The molecular formula is C15H22O3. The zero-order valence-corrected chi connectivity index (χ0v) is 11.5. The maximum Gasteiger partial charge on any atom is 0.163 e. The number of hydrogen-bond acceptors (Lipinski definition) is 3. The molecule has 0 aliphatic carbocycles. The number of carbonyl (C=O) groups excluding carboxylic acids is 1. The molecule has 0 bridgehead atoms. The van der Waals surface area contributed by atoms with Gasteiger partial charge >= 0.3 is 0 Å². The summed E-state index contributed by atoms with van der Waals surface area (Å²) in [6.07, 6.45) is 5.07. The normalized spacial score (nSPS) is 10.2. The number of ether oxygens (including phenoxy) is 2. The van der Waals surface area contributed by atoms with Crippen LogP contribution in [0, 0.1) is 0 Å². The molecule has 3 nitrogen and oxygen atoms in total. The molecule has 3 heteroatoms. The third kappa shape index (κ3) is 4.06. The Hall–Kier alpha value is -1.51. The van der Waals surface area contributed by atoms with Crippen molar-refractivity contribution in [3.63, 3.8) is 0 Å². The van der Waals surface area contributed by atoms with Crippen LogP contribution in [0.2, 0.25) is 0 Å². The van der Waals surface area contributed by atoms with Crippen LogP contribution in [0.25, 0.3) is 0 Å². The molecule has 0 radical (unpaired) electrons. The fraction of sp³-hybridized carbons (Fsp3) is 0.533. The summed E-state index contributed by atoms with van der Waals surface area (Å²) in [7, 11) is 3.16. The van der Waals surface area contributed by atoms with Gasteiger partial charge in [0.15, 0.2) is 17.3 Å². The lowest BCUT2D eigenvalue weighted by Crippen LogP contribution is -2.00. The summed E-state index contributed by atoms with van der Waals surface area (Å²) >= 11 is 0. The predicted octanol–water partition coefficient (Wildman–Crippen LogP) is 3.86. The van der Waals surface area contributed by atoms with E-state index < -0.39 is 0 Å². The molecule has 0 N–H and O–H groups in total. The molecule has 1 aromatic rings. The van der Waals surface area contributed by atoms with Crippen molar-refractivity contribution in [1.82, 2.24) is 0 Å². The lowest BCUT2D eigenvalue weighted by molar-refractivity contribution is 0.0978. The summed E-state index contributed by atoms with van der Waals surface area (Å²) in [6.45, 7) is 2.16. The van der Waals surface area contributed by atoms with E-state index in [1.54, 1.807) is 32.4 Å². The highest BCUT2D eigenvalue weighted by atomic mass is 16.5. The summed E-state index contributed by atoms with van der Waals surface area (Å²) in [5.74, 6) is 1.43. The van der Waals surface area contributed by atoms with Crippen molar-refractivity contribution in [2.24, 2.45) is 0 Å². The average molecular weight is 250 g/mol. The van der Waals surface area contributed by atoms with Gasteiger partial charge in [0.25, 0.3) is 0 Å². The summed E-state index contributed by atoms with van der Waals surface area (Å²) in [5.41, 5.74) is 0.698. The van der Waals surface area contributed by atoms with Crippen LogP contribution in [-0.4, -0.2) is 20.0 Å². The number of methoxy groups -OCH3 is 2. The first kappa shape index (κ1) is 14.6. The van der Waals surface area contributed by atoms with E-state index in [0.29, 0.717) is 23.5 Å². The molecule has 0 spiro atoms. The number of benzene rings is 1. The van der Waals surface area contributed by atoms with E-state index in [9.17, 15) is 4.79 Å². The average Bonchev–Trinajstić information content (AvgIpc) is 2.42. The molecule has 1 aromatic carbocycles. The van der Waals surface area contributed by atoms with Crippen LogP contribution in [0.15, 0.2) is 18.2 Å². The number of unbranched alkanes of at least 4 members (excludes halogenated alkanes) is 3. The molecule has 0 fully saturated rings. The molecule has 1 rings (SSSR count). The molecule has 0 aliphatic rings. The number of hydrogen-bond donors (Lipinski definition) is 0. The molecule has 0 saturated carbocycles. The fourth-order valence-electron chi connectivity index (χ4n) is 1.87. The molecule has 18 heavy (non-hydrogen) atoms. The van der Waals surface area contributed by atoms with Crippen LogP contribution in [0.1, 0.15) is 49.4 Å². The highest BCUT2D eigenvalue weighted by molar-refractivity contribution is 5.96. The lowest BCUT2D eigenvalue weighted by Gasteiger charge is -2.09. The van der Waals surface area contributed by atoms with E-state index in [0.717, 1.165) is 12.8 Å². The first-order chi connectivity index (χ1) is 8.72. The topological polar surface area (TPSA) is 35.5 Å². The second-order valence-corrected chi connectivity index (χ2v) is 4.30. The van der Waals surface area contributed by atoms with E-state index in [1.807, 2.05) is 0 Å². The first-order valence-electron chi connectivity index (χ1n) is 6.48. The van der Waals surface area contributed by atoms with Gasteiger partial charge in [0.2, 0.25) is 0 Å². The number of Topliss-reactive ketones (excluding diaryl/α,β-unsaturated/α-hetero) is 1. The lowest BCUT2D eigenvalue weighted by atomic mass is 10.0. The van der Waals surface area contributed by atoms with Gasteiger partial charge in [0.05, 0.1) is 14.2 Å². The van der Waals surface area contributed by atoms with Gasteiger partial charge in [-0.15, -0.1) is 0 Å². The van der Waals surface area contributed by atoms with Crippen molar-refractivity contribution >= 4 is 5.78 Å². The van der Waals surface area contributed by atoms with E-state index in [1.165, 1.54) is 12.8 Å². The smallest absolute Gasteiger partial charge is 0.163 e. The van der Waals surface area contributed by atoms with Gasteiger partial charge in [-0.1, -0.05) is 26.2 Å². The Morgan fingerprint density at radius 3 is 2.39 bits per heavy atom. The zero-order valence-electron chi connectivity index (χ0n) is 11.5. The Morgan fingerprint density at radius 2 is 1.78 bits per heavy atom. The summed E-state index contributed by atoms with van der Waals surface area (Å²) < 4.78 is 10.3. The van der Waals surface area contributed by atoms with Gasteiger partial charge in [-0.2, -0.15) is 0 Å². The molecule has 0 saturated heterocycles. The van der Waals surface area contributed by atoms with Gasteiger partial charge in [-0.3, -0.25) is 4.79 Å². The SMILES string of the molecule is CCCCCCC(=O)c1ccc(OC)c(OC)c1. The van der Waals surface area contributed by atoms with Gasteiger partial charge < -0.3 is 9.47 Å².